The summed E-state index contributed by atoms with van der Waals surface area (Å²) in [5, 5.41) is 4.91. The summed E-state index contributed by atoms with van der Waals surface area (Å²) in [7, 11) is 1.66. The second-order valence-electron chi connectivity index (χ2n) is 7.37. The molecule has 4 aromatic rings. The number of nitrogens with one attached hydrogen (secondary N) is 1. The molecule has 6 nitrogen and oxygen atoms in total. The Labute approximate surface area is 178 Å². The Morgan fingerprint density at radius 3 is 2.93 bits per heavy atom. The summed E-state index contributed by atoms with van der Waals surface area (Å²) in [6.07, 6.45) is 3.43. The maximum absolute atomic E-state index is 12.6. The normalized spacial score (nSPS) is 17.4. The fourth-order valence-electron chi connectivity index (χ4n) is 4.11. The van der Waals surface area contributed by atoms with Gasteiger partial charge < -0.3 is 10.1 Å². The van der Waals surface area contributed by atoms with Crippen LogP contribution in [0.4, 0.5) is 0 Å². The maximum Gasteiger partial charge on any atom is 0.261 e. The van der Waals surface area contributed by atoms with Gasteiger partial charge in [-0.05, 0) is 17.7 Å². The number of hydrogen-bond acceptors (Lipinski definition) is 6. The van der Waals surface area contributed by atoms with Gasteiger partial charge in [0.05, 0.1) is 18.2 Å². The molecule has 0 spiro atoms. The van der Waals surface area contributed by atoms with Gasteiger partial charge in [-0.25, -0.2) is 4.98 Å². The molecule has 0 bridgehead atoms. The molecule has 1 aliphatic heterocycles. The van der Waals surface area contributed by atoms with E-state index in [-0.39, 0.29) is 12.0 Å². The molecule has 5 rings (SSSR count). The standard InChI is InChI=1S/C23H22N4O2S/c1-24-22(28)21-19(17-8-4-10-26-23(17)30-21)18-14-27(11-12-29-18)13-16-6-2-5-15-7-3-9-25-20(15)16/h2-10,18H,11-14H2,1H3,(H,24,28)/t18-/m0/s1. The van der Waals surface area contributed by atoms with Gasteiger partial charge in [0.2, 0.25) is 0 Å². The molecule has 7 heteroatoms. The first-order valence-corrected chi connectivity index (χ1v) is 10.8. The molecule has 1 aromatic carbocycles. The minimum absolute atomic E-state index is 0.0908. The van der Waals surface area contributed by atoms with Crippen molar-refractivity contribution in [2.45, 2.75) is 12.6 Å². The average molecular weight is 419 g/mol. The SMILES string of the molecule is CNC(=O)c1sc2ncccc2c1[C@@H]1CN(Cc2cccc3cccnc23)CCO1. The second-order valence-corrected chi connectivity index (χ2v) is 8.37. The third-order valence-electron chi connectivity index (χ3n) is 5.52. The van der Waals surface area contributed by atoms with E-state index in [0.29, 0.717) is 18.0 Å². The number of para-hydroxylation sites is 1. The fraction of sp³-hybridized carbons (Fsp3) is 0.261. The second kappa shape index (κ2) is 8.10. The van der Waals surface area contributed by atoms with Crippen LogP contribution in [0.5, 0.6) is 0 Å². The van der Waals surface area contributed by atoms with E-state index >= 15 is 0 Å². The molecule has 1 N–H and O–H groups in total. The molecule has 1 fully saturated rings. The van der Waals surface area contributed by atoms with Crippen molar-refractivity contribution in [1.82, 2.24) is 20.2 Å². The van der Waals surface area contributed by atoms with Crippen molar-refractivity contribution in [2.75, 3.05) is 26.7 Å². The van der Waals surface area contributed by atoms with Crippen molar-refractivity contribution in [1.29, 1.82) is 0 Å². The summed E-state index contributed by atoms with van der Waals surface area (Å²) in [5.41, 5.74) is 3.19. The smallest absolute Gasteiger partial charge is 0.261 e. The number of amides is 1. The number of carbonyl (C=O) groups is 1. The summed E-state index contributed by atoms with van der Waals surface area (Å²) in [5.74, 6) is -0.0908. The highest BCUT2D eigenvalue weighted by Gasteiger charge is 2.30. The zero-order valence-corrected chi connectivity index (χ0v) is 17.5. The molecule has 0 saturated carbocycles. The van der Waals surface area contributed by atoms with Crippen molar-refractivity contribution in [3.05, 3.63) is 70.9 Å². The molecule has 1 atom stereocenters. The summed E-state index contributed by atoms with van der Waals surface area (Å²) in [6, 6.07) is 14.3. The molecule has 0 radical (unpaired) electrons. The number of fused-ring (bicyclic) bond motifs is 2. The summed E-state index contributed by atoms with van der Waals surface area (Å²) in [4.78, 5) is 25.5. The molecule has 152 valence electrons. The number of rotatable bonds is 4. The Bertz CT molecular complexity index is 1220. The zero-order valence-electron chi connectivity index (χ0n) is 16.7. The topological polar surface area (TPSA) is 67.4 Å². The van der Waals surface area contributed by atoms with Gasteiger partial charge in [-0.1, -0.05) is 30.3 Å². The van der Waals surface area contributed by atoms with Crippen LogP contribution in [-0.2, 0) is 11.3 Å². The number of hydrogen-bond donors (Lipinski definition) is 1. The van der Waals surface area contributed by atoms with Gasteiger partial charge in [0, 0.05) is 55.4 Å². The number of pyridine rings is 2. The lowest BCUT2D eigenvalue weighted by molar-refractivity contribution is -0.0322. The Balaban J connectivity index is 1.47. The minimum Gasteiger partial charge on any atom is -0.371 e. The lowest BCUT2D eigenvalue weighted by Crippen LogP contribution is -2.38. The highest BCUT2D eigenvalue weighted by molar-refractivity contribution is 7.20. The number of ether oxygens (including phenoxy) is 1. The van der Waals surface area contributed by atoms with E-state index in [1.807, 2.05) is 24.4 Å². The monoisotopic (exact) mass is 418 g/mol. The van der Waals surface area contributed by atoms with E-state index in [2.05, 4.69) is 44.5 Å². The van der Waals surface area contributed by atoms with Crippen LogP contribution in [-0.4, -0.2) is 47.5 Å². The lowest BCUT2D eigenvalue weighted by Gasteiger charge is -2.33. The van der Waals surface area contributed by atoms with Gasteiger partial charge in [0.1, 0.15) is 9.71 Å². The van der Waals surface area contributed by atoms with Crippen LogP contribution in [0, 0.1) is 0 Å². The lowest BCUT2D eigenvalue weighted by atomic mass is 10.0. The van der Waals surface area contributed by atoms with Crippen LogP contribution in [0.25, 0.3) is 21.1 Å². The molecule has 30 heavy (non-hydrogen) atoms. The number of aromatic nitrogens is 2. The Morgan fingerprint density at radius 2 is 2.03 bits per heavy atom. The zero-order chi connectivity index (χ0) is 20.5. The summed E-state index contributed by atoms with van der Waals surface area (Å²) >= 11 is 1.43. The molecule has 0 unspecified atom stereocenters. The number of carbonyl (C=O) groups excluding carboxylic acids is 1. The van der Waals surface area contributed by atoms with E-state index in [0.717, 1.165) is 39.8 Å². The van der Waals surface area contributed by atoms with Crippen LogP contribution in [0.1, 0.15) is 26.9 Å². The molecule has 1 aliphatic rings. The maximum atomic E-state index is 12.6. The van der Waals surface area contributed by atoms with Crippen LogP contribution < -0.4 is 5.32 Å². The van der Waals surface area contributed by atoms with Gasteiger partial charge in [-0.3, -0.25) is 14.7 Å². The van der Waals surface area contributed by atoms with Gasteiger partial charge in [-0.15, -0.1) is 11.3 Å². The van der Waals surface area contributed by atoms with E-state index in [9.17, 15) is 4.79 Å². The molecule has 1 saturated heterocycles. The highest BCUT2D eigenvalue weighted by atomic mass is 32.1. The number of thiophene rings is 1. The number of nitrogens with zero attached hydrogens (tertiary/aromatic N) is 3. The summed E-state index contributed by atoms with van der Waals surface area (Å²) < 4.78 is 6.16. The van der Waals surface area contributed by atoms with Crippen molar-refractivity contribution >= 4 is 38.4 Å². The van der Waals surface area contributed by atoms with Gasteiger partial charge >= 0.3 is 0 Å². The molecule has 3 aromatic heterocycles. The Hall–Kier alpha value is -2.87. The quantitative estimate of drug-likeness (QED) is 0.546. The predicted molar refractivity (Wildman–Crippen MR) is 119 cm³/mol. The highest BCUT2D eigenvalue weighted by Crippen LogP contribution is 2.37. The van der Waals surface area contributed by atoms with Crippen molar-refractivity contribution in [2.24, 2.45) is 0 Å². The van der Waals surface area contributed by atoms with Crippen LogP contribution >= 0.6 is 11.3 Å². The molecule has 1 amide bonds. The molecule has 4 heterocycles. The first-order chi connectivity index (χ1) is 14.7. The average Bonchev–Trinajstić information content (AvgIpc) is 3.19. The summed E-state index contributed by atoms with van der Waals surface area (Å²) in [6.45, 7) is 2.97. The minimum atomic E-state index is -0.174. The van der Waals surface area contributed by atoms with E-state index in [1.54, 1.807) is 13.2 Å². The molecular formula is C23H22N4O2S. The third kappa shape index (κ3) is 3.45. The van der Waals surface area contributed by atoms with E-state index < -0.39 is 0 Å². The predicted octanol–water partition coefficient (Wildman–Crippen LogP) is 3.78. The molecule has 0 aliphatic carbocycles. The largest absolute Gasteiger partial charge is 0.371 e. The van der Waals surface area contributed by atoms with Crippen molar-refractivity contribution in [3.8, 4) is 0 Å². The fourth-order valence-corrected chi connectivity index (χ4v) is 5.25. The Kier molecular flexibility index (Phi) is 5.16. The van der Waals surface area contributed by atoms with Gasteiger partial charge in [0.15, 0.2) is 0 Å². The van der Waals surface area contributed by atoms with Crippen molar-refractivity contribution in [3.63, 3.8) is 0 Å². The van der Waals surface area contributed by atoms with Gasteiger partial charge in [0.25, 0.3) is 5.91 Å². The van der Waals surface area contributed by atoms with Gasteiger partial charge in [-0.2, -0.15) is 0 Å². The molecular weight excluding hydrogens is 396 g/mol. The van der Waals surface area contributed by atoms with Crippen LogP contribution in [0.2, 0.25) is 0 Å². The van der Waals surface area contributed by atoms with Crippen molar-refractivity contribution < 1.29 is 9.53 Å². The number of benzene rings is 1. The van der Waals surface area contributed by atoms with Crippen LogP contribution in [0.3, 0.4) is 0 Å². The van der Waals surface area contributed by atoms with Crippen LogP contribution in [0.15, 0.2) is 54.9 Å². The first kappa shape index (κ1) is 19.1. The van der Waals surface area contributed by atoms with E-state index in [4.69, 9.17) is 4.74 Å². The first-order valence-electron chi connectivity index (χ1n) is 10.0. The Morgan fingerprint density at radius 1 is 1.20 bits per heavy atom. The third-order valence-corrected chi connectivity index (χ3v) is 6.65. The van der Waals surface area contributed by atoms with E-state index in [1.165, 1.54) is 16.9 Å². The number of morpholine rings is 1.